The van der Waals surface area contributed by atoms with E-state index in [0.29, 0.717) is 18.4 Å². The molecule has 0 atom stereocenters. The molecule has 0 aliphatic carbocycles. The Morgan fingerprint density at radius 3 is 1.64 bits per heavy atom. The molecule has 0 aromatic carbocycles. The molecule has 2 N–H and O–H groups in total. The molecule has 0 fully saturated rings. The minimum absolute atomic E-state index is 0.306. The standard InChI is InChI=1S/C4H11N3O2.C4H11N/c1-3-6(4-2)7(9)5-8;1-3-5-4-2/h9H,3-4H2,1-2H3;5H,3-4H2,1-2H3. The highest BCUT2D eigenvalue weighted by atomic mass is 16.6. The van der Waals surface area contributed by atoms with Gasteiger partial charge in [-0.1, -0.05) is 33.0 Å². The lowest BCUT2D eigenvalue weighted by Crippen LogP contribution is -2.35. The zero-order valence-corrected chi connectivity index (χ0v) is 9.53. The van der Waals surface area contributed by atoms with Crippen molar-refractivity contribution in [2.75, 3.05) is 26.2 Å². The van der Waals surface area contributed by atoms with Crippen molar-refractivity contribution >= 4 is 0 Å². The molecule has 0 spiro atoms. The average molecular weight is 206 g/mol. The second-order valence-electron chi connectivity index (χ2n) is 2.45. The smallest absolute Gasteiger partial charge is 0.0962 e. The molecule has 0 bridgehead atoms. The highest BCUT2D eigenvalue weighted by molar-refractivity contribution is 4.37. The fourth-order valence-corrected chi connectivity index (χ4v) is 0.778. The summed E-state index contributed by atoms with van der Waals surface area (Å²) in [6.45, 7) is 11.2. The third-order valence-electron chi connectivity index (χ3n) is 1.56. The summed E-state index contributed by atoms with van der Waals surface area (Å²) in [5.74, 6) is 0. The minimum atomic E-state index is 0.306. The van der Waals surface area contributed by atoms with Crippen LogP contribution in [-0.2, 0) is 0 Å². The third kappa shape index (κ3) is 9.37. The van der Waals surface area contributed by atoms with Crippen LogP contribution in [0.4, 0.5) is 0 Å². The lowest BCUT2D eigenvalue weighted by Gasteiger charge is -2.20. The van der Waals surface area contributed by atoms with Crippen molar-refractivity contribution in [3.63, 3.8) is 0 Å². The summed E-state index contributed by atoms with van der Waals surface area (Å²) in [5, 5.41) is 15.7. The van der Waals surface area contributed by atoms with Crippen molar-refractivity contribution in [1.82, 2.24) is 15.6 Å². The van der Waals surface area contributed by atoms with Gasteiger partial charge in [0, 0.05) is 13.1 Å². The molecule has 0 amide bonds. The van der Waals surface area contributed by atoms with E-state index >= 15 is 0 Å². The van der Waals surface area contributed by atoms with E-state index in [9.17, 15) is 4.91 Å². The molecule has 0 saturated carbocycles. The molecular formula is C8H22N4O2. The Hall–Kier alpha value is -0.720. The van der Waals surface area contributed by atoms with Crippen LogP contribution >= 0.6 is 0 Å². The number of nitrogens with zero attached hydrogens (tertiary/aromatic N) is 3. The zero-order valence-electron chi connectivity index (χ0n) is 9.53. The van der Waals surface area contributed by atoms with Crippen LogP contribution in [0.25, 0.3) is 0 Å². The lowest BCUT2D eigenvalue weighted by molar-refractivity contribution is -0.244. The number of rotatable bonds is 6. The molecule has 86 valence electrons. The highest BCUT2D eigenvalue weighted by Crippen LogP contribution is 1.91. The van der Waals surface area contributed by atoms with Crippen LogP contribution in [0.15, 0.2) is 5.29 Å². The molecule has 14 heavy (non-hydrogen) atoms. The largest absolute Gasteiger partial charge is 0.317 e. The van der Waals surface area contributed by atoms with Gasteiger partial charge in [0.2, 0.25) is 0 Å². The summed E-state index contributed by atoms with van der Waals surface area (Å²) in [6.07, 6.45) is 0. The van der Waals surface area contributed by atoms with Gasteiger partial charge in [-0.25, -0.2) is 0 Å². The molecule has 0 rings (SSSR count). The van der Waals surface area contributed by atoms with Gasteiger partial charge in [-0.2, -0.15) is 5.01 Å². The van der Waals surface area contributed by atoms with Gasteiger partial charge in [-0.3, -0.25) is 5.21 Å². The van der Waals surface area contributed by atoms with Crippen molar-refractivity contribution in [3.8, 4) is 0 Å². The maximum absolute atomic E-state index is 9.65. The molecular weight excluding hydrogens is 184 g/mol. The fourth-order valence-electron chi connectivity index (χ4n) is 0.778. The van der Waals surface area contributed by atoms with E-state index in [4.69, 9.17) is 5.21 Å². The van der Waals surface area contributed by atoms with E-state index < -0.39 is 0 Å². The van der Waals surface area contributed by atoms with Gasteiger partial charge in [0.05, 0.1) is 5.29 Å². The lowest BCUT2D eigenvalue weighted by atomic mass is 10.6. The van der Waals surface area contributed by atoms with Crippen molar-refractivity contribution in [2.24, 2.45) is 5.29 Å². The normalized spacial score (nSPS) is 9.29. The van der Waals surface area contributed by atoms with E-state index in [1.54, 1.807) is 0 Å². The van der Waals surface area contributed by atoms with E-state index in [1.807, 2.05) is 13.8 Å². The van der Waals surface area contributed by atoms with Gasteiger partial charge in [0.1, 0.15) is 0 Å². The van der Waals surface area contributed by atoms with Gasteiger partial charge in [0.15, 0.2) is 0 Å². The number of hydrazine groups is 1. The molecule has 0 saturated heterocycles. The summed E-state index contributed by atoms with van der Waals surface area (Å²) in [5.41, 5.74) is 0. The van der Waals surface area contributed by atoms with Crippen molar-refractivity contribution in [1.29, 1.82) is 0 Å². The topological polar surface area (TPSA) is 68.2 Å². The molecule has 6 heteroatoms. The second-order valence-corrected chi connectivity index (χ2v) is 2.45. The monoisotopic (exact) mass is 206 g/mol. The van der Waals surface area contributed by atoms with Crippen LogP contribution in [0.3, 0.4) is 0 Å². The summed E-state index contributed by atoms with van der Waals surface area (Å²) < 4.78 is 0. The van der Waals surface area contributed by atoms with Gasteiger partial charge >= 0.3 is 0 Å². The maximum Gasteiger partial charge on any atom is 0.0962 e. The van der Waals surface area contributed by atoms with Crippen LogP contribution in [0.2, 0.25) is 0 Å². The molecule has 0 heterocycles. The number of hydrogen-bond acceptors (Lipinski definition) is 5. The van der Waals surface area contributed by atoms with E-state index in [2.05, 4.69) is 24.5 Å². The van der Waals surface area contributed by atoms with Crippen molar-refractivity contribution in [3.05, 3.63) is 4.91 Å². The molecule has 0 unspecified atom stereocenters. The molecule has 0 aromatic rings. The predicted octanol–water partition coefficient (Wildman–Crippen LogP) is 1.23. The first-order valence-electron chi connectivity index (χ1n) is 4.95. The highest BCUT2D eigenvalue weighted by Gasteiger charge is 2.05. The first-order valence-corrected chi connectivity index (χ1v) is 4.95. The maximum atomic E-state index is 9.65. The Labute approximate surface area is 85.8 Å². The second kappa shape index (κ2) is 12.3. The first-order chi connectivity index (χ1) is 6.67. The summed E-state index contributed by atoms with van der Waals surface area (Å²) in [7, 11) is 0. The molecule has 0 aliphatic heterocycles. The van der Waals surface area contributed by atoms with Crippen molar-refractivity contribution < 1.29 is 5.21 Å². The van der Waals surface area contributed by atoms with E-state index in [1.165, 1.54) is 5.01 Å². The molecule has 0 radical (unpaired) electrons. The van der Waals surface area contributed by atoms with Crippen LogP contribution in [0.1, 0.15) is 27.7 Å². The fraction of sp³-hybridized carbons (Fsp3) is 1.00. The van der Waals surface area contributed by atoms with Crippen molar-refractivity contribution in [2.45, 2.75) is 27.7 Å². The average Bonchev–Trinajstić information content (AvgIpc) is 2.21. The Morgan fingerprint density at radius 1 is 1.14 bits per heavy atom. The first kappa shape index (κ1) is 15.7. The number of nitrogens with one attached hydrogen (secondary N) is 1. The van der Waals surface area contributed by atoms with Crippen LogP contribution in [0.5, 0.6) is 0 Å². The van der Waals surface area contributed by atoms with Gasteiger partial charge in [-0.15, -0.1) is 4.91 Å². The number of nitroso groups, excluding NO2 is 1. The van der Waals surface area contributed by atoms with Gasteiger partial charge < -0.3 is 5.32 Å². The Balaban J connectivity index is 0. The molecule has 6 nitrogen and oxygen atoms in total. The zero-order chi connectivity index (χ0) is 11.4. The SMILES string of the molecule is CCN(CC)N(O)N=O.CCNCC. The molecule has 0 aromatic heterocycles. The van der Waals surface area contributed by atoms with Crippen LogP contribution in [0, 0.1) is 4.91 Å². The number of hydrogen-bond donors (Lipinski definition) is 2. The Bertz CT molecular complexity index is 118. The summed E-state index contributed by atoms with van der Waals surface area (Å²) in [6, 6.07) is 0. The Kier molecular flexibility index (Phi) is 13.8. The molecule has 0 aliphatic rings. The predicted molar refractivity (Wildman–Crippen MR) is 56.6 cm³/mol. The van der Waals surface area contributed by atoms with Gasteiger partial charge in [0.25, 0.3) is 0 Å². The minimum Gasteiger partial charge on any atom is -0.317 e. The summed E-state index contributed by atoms with van der Waals surface area (Å²) in [4.78, 5) is 9.65. The summed E-state index contributed by atoms with van der Waals surface area (Å²) >= 11 is 0. The van der Waals surface area contributed by atoms with Crippen LogP contribution < -0.4 is 5.32 Å². The quantitative estimate of drug-likeness (QED) is 0.505. The Morgan fingerprint density at radius 2 is 1.57 bits per heavy atom. The van der Waals surface area contributed by atoms with Gasteiger partial charge in [-0.05, 0) is 13.1 Å². The van der Waals surface area contributed by atoms with E-state index in [0.717, 1.165) is 13.1 Å². The van der Waals surface area contributed by atoms with E-state index in [-0.39, 0.29) is 0 Å². The van der Waals surface area contributed by atoms with Crippen LogP contribution in [-0.4, -0.2) is 41.7 Å². The third-order valence-corrected chi connectivity index (χ3v) is 1.56.